The fourth-order valence-electron chi connectivity index (χ4n) is 6.31. The molecule has 57 heavy (non-hydrogen) atoms. The van der Waals surface area contributed by atoms with E-state index < -0.39 is 58.1 Å². The maximum absolute atomic E-state index is 13.6. The Bertz CT molecular complexity index is 2090. The molecular weight excluding hydrogens is 770 g/mol. The summed E-state index contributed by atoms with van der Waals surface area (Å²) >= 11 is 6.15. The molecule has 0 radical (unpaired) electrons. The summed E-state index contributed by atoms with van der Waals surface area (Å²) in [5.74, 6) is -4.58. The number of hydrogen-bond acceptors (Lipinski definition) is 9. The highest BCUT2D eigenvalue weighted by Gasteiger charge is 2.34. The molecule has 0 fully saturated rings. The van der Waals surface area contributed by atoms with Gasteiger partial charge < -0.3 is 14.9 Å². The smallest absolute Gasteiger partial charge is 0.330 e. The molecule has 5 N–H and O–H groups in total. The lowest BCUT2D eigenvalue weighted by Crippen LogP contribution is -2.52. The number of benzene rings is 4. The lowest BCUT2D eigenvalue weighted by atomic mass is 9.98. The molecule has 0 spiro atoms. The van der Waals surface area contributed by atoms with Crippen molar-refractivity contribution in [2.45, 2.75) is 88.9 Å². The largest absolute Gasteiger partial charge is 0.480 e. The summed E-state index contributed by atoms with van der Waals surface area (Å²) in [6.07, 6.45) is 0.870. The summed E-state index contributed by atoms with van der Waals surface area (Å²) in [6, 6.07) is 24.2. The lowest BCUT2D eigenvalue weighted by Gasteiger charge is -2.26. The summed E-state index contributed by atoms with van der Waals surface area (Å²) < 4.78 is 33.3. The van der Waals surface area contributed by atoms with Crippen LogP contribution in [0.3, 0.4) is 0 Å². The van der Waals surface area contributed by atoms with Gasteiger partial charge in [0.1, 0.15) is 24.2 Å². The van der Waals surface area contributed by atoms with Crippen molar-refractivity contribution in [2.75, 3.05) is 4.72 Å². The van der Waals surface area contributed by atoms with Crippen LogP contribution >= 0.6 is 11.6 Å². The minimum atomic E-state index is -3.83. The Morgan fingerprint density at radius 2 is 1.11 bits per heavy atom. The molecule has 4 aromatic carbocycles. The van der Waals surface area contributed by atoms with Gasteiger partial charge in [0.2, 0.25) is 0 Å². The number of sulfonamides is 1. The molecule has 4 rings (SSSR count). The zero-order chi connectivity index (χ0) is 41.7. The van der Waals surface area contributed by atoms with Crippen LogP contribution in [0.4, 0.5) is 5.69 Å². The van der Waals surface area contributed by atoms with E-state index in [2.05, 4.69) is 15.4 Å². The molecule has 0 aliphatic heterocycles. The van der Waals surface area contributed by atoms with Gasteiger partial charge in [-0.15, -0.1) is 0 Å². The van der Waals surface area contributed by atoms with Crippen LogP contribution in [0.15, 0.2) is 108 Å². The Morgan fingerprint density at radius 1 is 0.614 bits per heavy atom. The van der Waals surface area contributed by atoms with Crippen LogP contribution in [0.5, 0.6) is 0 Å². The average Bonchev–Trinajstić information content (AvgIpc) is 3.14. The summed E-state index contributed by atoms with van der Waals surface area (Å²) in [5, 5.41) is 26.7. The van der Waals surface area contributed by atoms with E-state index in [-0.39, 0.29) is 48.1 Å². The van der Waals surface area contributed by atoms with Gasteiger partial charge in [-0.1, -0.05) is 106 Å². The first-order valence-corrected chi connectivity index (χ1v) is 20.6. The third kappa shape index (κ3) is 14.4. The van der Waals surface area contributed by atoms with Crippen LogP contribution in [-0.2, 0) is 53.2 Å². The van der Waals surface area contributed by atoms with Crippen molar-refractivity contribution in [1.29, 1.82) is 0 Å². The number of rotatable bonds is 21. The van der Waals surface area contributed by atoms with E-state index in [1.54, 1.807) is 42.5 Å². The van der Waals surface area contributed by atoms with Crippen molar-refractivity contribution in [1.82, 2.24) is 10.6 Å². The maximum atomic E-state index is 13.6. The molecule has 0 aliphatic rings. The number of carbonyl (C=O) groups excluding carboxylic acids is 2. The molecule has 14 heteroatoms. The average molecular weight is 820 g/mol. The molecule has 304 valence electrons. The Morgan fingerprint density at radius 3 is 1.61 bits per heavy atom. The second-order valence-corrected chi connectivity index (χ2v) is 17.0. The molecule has 12 nitrogen and oxygen atoms in total. The summed E-state index contributed by atoms with van der Waals surface area (Å²) in [4.78, 5) is 52.2. The number of esters is 2. The predicted molar refractivity (Wildman–Crippen MR) is 219 cm³/mol. The van der Waals surface area contributed by atoms with E-state index in [9.17, 15) is 37.8 Å². The van der Waals surface area contributed by atoms with Gasteiger partial charge in [-0.25, -0.2) is 18.0 Å². The Balaban J connectivity index is 1.44. The normalized spacial score (nSPS) is 13.7. The van der Waals surface area contributed by atoms with Crippen LogP contribution in [0, 0.1) is 11.8 Å². The van der Waals surface area contributed by atoms with Gasteiger partial charge in [-0.2, -0.15) is 0 Å². The quantitative estimate of drug-likeness (QED) is 0.0456. The van der Waals surface area contributed by atoms with Gasteiger partial charge in [0, 0.05) is 10.7 Å². The minimum absolute atomic E-state index is 0.0479. The van der Waals surface area contributed by atoms with Crippen molar-refractivity contribution in [3.8, 4) is 0 Å². The highest BCUT2D eigenvalue weighted by Crippen LogP contribution is 2.20. The van der Waals surface area contributed by atoms with Crippen molar-refractivity contribution < 1.29 is 42.5 Å². The summed E-state index contributed by atoms with van der Waals surface area (Å²) in [7, 11) is -3.83. The van der Waals surface area contributed by atoms with E-state index in [0.717, 1.165) is 16.7 Å². The SMILES string of the molecule is CC(C)CC(NC(Cc1ccc(NS(=O)(=O)c2ccccc2)cc1)C(=O)O)C(=O)OC(=O)C(CC(C)C)NC(Cc1cccc(Cc2cccc(Cl)c2)c1)C(=O)O. The van der Waals surface area contributed by atoms with E-state index in [1.165, 1.54) is 24.3 Å². The van der Waals surface area contributed by atoms with Crippen molar-refractivity contribution in [3.63, 3.8) is 0 Å². The number of aliphatic carboxylic acids is 2. The van der Waals surface area contributed by atoms with Crippen molar-refractivity contribution in [2.24, 2.45) is 11.8 Å². The number of anilines is 1. The maximum Gasteiger partial charge on any atom is 0.330 e. The van der Waals surface area contributed by atoms with Gasteiger partial charge in [0.15, 0.2) is 0 Å². The van der Waals surface area contributed by atoms with Gasteiger partial charge in [0.25, 0.3) is 10.0 Å². The van der Waals surface area contributed by atoms with E-state index in [0.29, 0.717) is 17.0 Å². The number of nitrogens with one attached hydrogen (secondary N) is 3. The molecule has 0 aromatic heterocycles. The second-order valence-electron chi connectivity index (χ2n) is 14.9. The zero-order valence-electron chi connectivity index (χ0n) is 32.4. The molecule has 4 unspecified atom stereocenters. The van der Waals surface area contributed by atoms with Crippen molar-refractivity contribution in [3.05, 3.63) is 130 Å². The zero-order valence-corrected chi connectivity index (χ0v) is 33.9. The molecule has 4 atom stereocenters. The highest BCUT2D eigenvalue weighted by atomic mass is 35.5. The first kappa shape index (κ1) is 44.6. The van der Waals surface area contributed by atoms with E-state index in [4.69, 9.17) is 16.3 Å². The van der Waals surface area contributed by atoms with Crippen LogP contribution in [0.2, 0.25) is 5.02 Å². The third-order valence-electron chi connectivity index (χ3n) is 9.01. The third-order valence-corrected chi connectivity index (χ3v) is 10.6. The highest BCUT2D eigenvalue weighted by molar-refractivity contribution is 7.92. The number of carbonyl (C=O) groups is 4. The monoisotopic (exact) mass is 819 g/mol. The van der Waals surface area contributed by atoms with E-state index >= 15 is 0 Å². The van der Waals surface area contributed by atoms with Crippen molar-refractivity contribution >= 4 is 51.2 Å². The van der Waals surface area contributed by atoms with Gasteiger partial charge >= 0.3 is 23.9 Å². The summed E-state index contributed by atoms with van der Waals surface area (Å²) in [5.41, 5.74) is 3.50. The van der Waals surface area contributed by atoms with Crippen LogP contribution in [0.25, 0.3) is 0 Å². The van der Waals surface area contributed by atoms with Gasteiger partial charge in [0.05, 0.1) is 4.90 Å². The number of carboxylic acid groups (broad SMARTS) is 2. The molecule has 0 bridgehead atoms. The van der Waals surface area contributed by atoms with Crippen LogP contribution < -0.4 is 15.4 Å². The molecular formula is C43H50ClN3O9S. The Kier molecular flexibility index (Phi) is 16.4. The van der Waals surface area contributed by atoms with Crippen LogP contribution in [-0.4, -0.2) is 66.7 Å². The first-order valence-electron chi connectivity index (χ1n) is 18.7. The van der Waals surface area contributed by atoms with Gasteiger partial charge in [-0.05, 0) is 103 Å². The predicted octanol–water partition coefficient (Wildman–Crippen LogP) is 6.50. The van der Waals surface area contributed by atoms with E-state index in [1.807, 2.05) is 64.1 Å². The molecule has 0 saturated heterocycles. The molecule has 0 saturated carbocycles. The Labute approximate surface area is 339 Å². The lowest BCUT2D eigenvalue weighted by molar-refractivity contribution is -0.163. The molecule has 0 aliphatic carbocycles. The second kappa shape index (κ2) is 20.9. The fraction of sp³-hybridized carbons (Fsp3) is 0.349. The number of ether oxygens (including phenoxy) is 1. The molecule has 0 heterocycles. The number of halogens is 1. The van der Waals surface area contributed by atoms with Gasteiger partial charge in [-0.3, -0.25) is 24.9 Å². The fourth-order valence-corrected chi connectivity index (χ4v) is 7.61. The first-order chi connectivity index (χ1) is 27.0. The molecule has 0 amide bonds. The minimum Gasteiger partial charge on any atom is -0.480 e. The number of hydrogen-bond donors (Lipinski definition) is 5. The summed E-state index contributed by atoms with van der Waals surface area (Å²) in [6.45, 7) is 7.37. The topological polar surface area (TPSA) is 188 Å². The molecule has 4 aromatic rings. The van der Waals surface area contributed by atoms with Crippen LogP contribution in [0.1, 0.15) is 62.8 Å². The standard InChI is InChI=1S/C43H50ClN3O9S/c1-27(2)20-38(45-36(40(48)49)25-29-16-18-34(19-17-29)47-57(54,55)35-14-6-5-7-15-35)42(52)56-43(53)39(21-28(3)4)46-37(41(50)51)26-32-11-8-10-30(23-32)22-31-12-9-13-33(44)24-31/h5-19,23-24,27-28,36-39,45-47H,20-22,25-26H2,1-4H3,(H,48,49)(H,50,51). The number of carboxylic acids is 2. The Hall–Kier alpha value is -5.08.